The summed E-state index contributed by atoms with van der Waals surface area (Å²) in [7, 11) is 0. The highest BCUT2D eigenvalue weighted by Gasteiger charge is 2.45. The van der Waals surface area contributed by atoms with Crippen molar-refractivity contribution in [2.75, 3.05) is 0 Å². The smallest absolute Gasteiger partial charge is 0.0619 e. The Morgan fingerprint density at radius 2 is 2.00 bits per heavy atom. The first-order chi connectivity index (χ1) is 5.10. The van der Waals surface area contributed by atoms with Gasteiger partial charge < -0.3 is 5.11 Å². The standard InChI is InChI=1S/C10H20O/c1-4-5-8(2)9(11)10(3)6-7-10/h8-9,11H,4-7H2,1-3H3. The lowest BCUT2D eigenvalue weighted by Crippen LogP contribution is -2.26. The monoisotopic (exact) mass is 156 g/mol. The minimum absolute atomic E-state index is 0.0533. The third-order valence-corrected chi connectivity index (χ3v) is 3.04. The van der Waals surface area contributed by atoms with Gasteiger partial charge in [0.2, 0.25) is 0 Å². The zero-order valence-corrected chi connectivity index (χ0v) is 7.93. The Kier molecular flexibility index (Phi) is 2.58. The molecule has 2 atom stereocenters. The third kappa shape index (κ3) is 1.96. The average Bonchev–Trinajstić information content (AvgIpc) is 2.68. The van der Waals surface area contributed by atoms with Crippen LogP contribution in [0.1, 0.15) is 46.5 Å². The molecule has 2 unspecified atom stereocenters. The Hall–Kier alpha value is -0.0400. The SMILES string of the molecule is CCCC(C)C(O)C1(C)CC1. The lowest BCUT2D eigenvalue weighted by molar-refractivity contribution is 0.0485. The summed E-state index contributed by atoms with van der Waals surface area (Å²) in [5.74, 6) is 0.493. The molecule has 0 aromatic heterocycles. The van der Waals surface area contributed by atoms with Crippen molar-refractivity contribution in [1.29, 1.82) is 0 Å². The lowest BCUT2D eigenvalue weighted by Gasteiger charge is -2.23. The molecule has 0 amide bonds. The molecule has 0 aliphatic heterocycles. The van der Waals surface area contributed by atoms with Crippen LogP contribution in [-0.4, -0.2) is 11.2 Å². The Morgan fingerprint density at radius 1 is 1.45 bits per heavy atom. The highest BCUT2D eigenvalue weighted by atomic mass is 16.3. The van der Waals surface area contributed by atoms with Gasteiger partial charge in [0.15, 0.2) is 0 Å². The second-order valence-corrected chi connectivity index (χ2v) is 4.36. The van der Waals surface area contributed by atoms with Gasteiger partial charge in [-0.1, -0.05) is 27.2 Å². The summed E-state index contributed by atoms with van der Waals surface area (Å²) in [5.41, 5.74) is 0.286. The second-order valence-electron chi connectivity index (χ2n) is 4.36. The number of aliphatic hydroxyl groups is 1. The summed E-state index contributed by atoms with van der Waals surface area (Å²) in [6, 6.07) is 0. The van der Waals surface area contributed by atoms with Gasteiger partial charge in [-0.15, -0.1) is 0 Å². The van der Waals surface area contributed by atoms with E-state index in [-0.39, 0.29) is 11.5 Å². The molecule has 0 heterocycles. The van der Waals surface area contributed by atoms with E-state index in [4.69, 9.17) is 0 Å². The summed E-state index contributed by atoms with van der Waals surface area (Å²) in [4.78, 5) is 0. The molecule has 0 radical (unpaired) electrons. The van der Waals surface area contributed by atoms with Gasteiger partial charge in [-0.25, -0.2) is 0 Å². The molecule has 1 heteroatoms. The predicted octanol–water partition coefficient (Wildman–Crippen LogP) is 2.58. The molecular formula is C10H20O. The first-order valence-electron chi connectivity index (χ1n) is 4.78. The normalized spacial score (nSPS) is 26.2. The lowest BCUT2D eigenvalue weighted by atomic mass is 9.88. The molecule has 1 N–H and O–H groups in total. The van der Waals surface area contributed by atoms with Gasteiger partial charge >= 0.3 is 0 Å². The molecular weight excluding hydrogens is 136 g/mol. The summed E-state index contributed by atoms with van der Waals surface area (Å²) in [6.07, 6.45) is 4.75. The number of hydrogen-bond acceptors (Lipinski definition) is 1. The maximum absolute atomic E-state index is 9.85. The van der Waals surface area contributed by atoms with Crippen molar-refractivity contribution in [3.63, 3.8) is 0 Å². The van der Waals surface area contributed by atoms with Crippen molar-refractivity contribution in [2.45, 2.75) is 52.6 Å². The van der Waals surface area contributed by atoms with Crippen LogP contribution in [0, 0.1) is 11.3 Å². The van der Waals surface area contributed by atoms with Crippen molar-refractivity contribution in [3.8, 4) is 0 Å². The first kappa shape index (κ1) is 9.05. The summed E-state index contributed by atoms with van der Waals surface area (Å²) in [5, 5.41) is 9.85. The van der Waals surface area contributed by atoms with Crippen molar-refractivity contribution in [1.82, 2.24) is 0 Å². The number of aliphatic hydroxyl groups excluding tert-OH is 1. The fourth-order valence-electron chi connectivity index (χ4n) is 1.79. The van der Waals surface area contributed by atoms with Crippen molar-refractivity contribution in [3.05, 3.63) is 0 Å². The zero-order chi connectivity index (χ0) is 8.48. The van der Waals surface area contributed by atoms with E-state index in [0.29, 0.717) is 5.92 Å². The van der Waals surface area contributed by atoms with Crippen LogP contribution in [0.15, 0.2) is 0 Å². The second kappa shape index (κ2) is 3.14. The van der Waals surface area contributed by atoms with Crippen molar-refractivity contribution < 1.29 is 5.11 Å². The molecule has 1 saturated carbocycles. The Labute approximate surface area is 69.8 Å². The minimum Gasteiger partial charge on any atom is -0.392 e. The van der Waals surface area contributed by atoms with Gasteiger partial charge in [0.25, 0.3) is 0 Å². The van der Waals surface area contributed by atoms with Gasteiger partial charge in [0, 0.05) is 0 Å². The molecule has 1 fully saturated rings. The van der Waals surface area contributed by atoms with Gasteiger partial charge in [-0.3, -0.25) is 0 Å². The predicted molar refractivity (Wildman–Crippen MR) is 47.4 cm³/mol. The maximum atomic E-state index is 9.85. The maximum Gasteiger partial charge on any atom is 0.0619 e. The summed E-state index contributed by atoms with van der Waals surface area (Å²) < 4.78 is 0. The van der Waals surface area contributed by atoms with Crippen LogP contribution in [0.25, 0.3) is 0 Å². The molecule has 1 rings (SSSR count). The average molecular weight is 156 g/mol. The van der Waals surface area contributed by atoms with Crippen LogP contribution in [0.5, 0.6) is 0 Å². The van der Waals surface area contributed by atoms with E-state index < -0.39 is 0 Å². The van der Waals surface area contributed by atoms with Crippen molar-refractivity contribution in [2.24, 2.45) is 11.3 Å². The molecule has 0 spiro atoms. The number of hydrogen-bond donors (Lipinski definition) is 1. The van der Waals surface area contributed by atoms with E-state index in [1.165, 1.54) is 19.3 Å². The number of rotatable bonds is 4. The Balaban J connectivity index is 2.34. The molecule has 1 aliphatic carbocycles. The molecule has 0 aromatic carbocycles. The Bertz CT molecular complexity index is 127. The summed E-state index contributed by atoms with van der Waals surface area (Å²) >= 11 is 0. The van der Waals surface area contributed by atoms with Crippen LogP contribution in [-0.2, 0) is 0 Å². The quantitative estimate of drug-likeness (QED) is 0.663. The van der Waals surface area contributed by atoms with E-state index in [0.717, 1.165) is 6.42 Å². The van der Waals surface area contributed by atoms with Gasteiger partial charge in [-0.05, 0) is 30.6 Å². The van der Waals surface area contributed by atoms with Crippen LogP contribution >= 0.6 is 0 Å². The molecule has 0 saturated heterocycles. The molecule has 1 aliphatic rings. The van der Waals surface area contributed by atoms with Crippen LogP contribution in [0.2, 0.25) is 0 Å². The third-order valence-electron chi connectivity index (χ3n) is 3.04. The zero-order valence-electron chi connectivity index (χ0n) is 7.93. The van der Waals surface area contributed by atoms with Crippen molar-refractivity contribution >= 4 is 0 Å². The molecule has 11 heavy (non-hydrogen) atoms. The Morgan fingerprint density at radius 3 is 2.36 bits per heavy atom. The topological polar surface area (TPSA) is 20.2 Å². The van der Waals surface area contributed by atoms with E-state index in [2.05, 4.69) is 20.8 Å². The van der Waals surface area contributed by atoms with Crippen LogP contribution in [0.4, 0.5) is 0 Å². The van der Waals surface area contributed by atoms with E-state index >= 15 is 0 Å². The fraction of sp³-hybridized carbons (Fsp3) is 1.00. The van der Waals surface area contributed by atoms with Gasteiger partial charge in [0.1, 0.15) is 0 Å². The largest absolute Gasteiger partial charge is 0.392 e. The first-order valence-corrected chi connectivity index (χ1v) is 4.78. The molecule has 0 bridgehead atoms. The highest BCUT2D eigenvalue weighted by Crippen LogP contribution is 2.50. The van der Waals surface area contributed by atoms with E-state index in [9.17, 15) is 5.11 Å². The summed E-state index contributed by atoms with van der Waals surface area (Å²) in [6.45, 7) is 6.54. The molecule has 0 aromatic rings. The van der Waals surface area contributed by atoms with Gasteiger partial charge in [0.05, 0.1) is 6.10 Å². The minimum atomic E-state index is -0.0533. The van der Waals surface area contributed by atoms with Crippen LogP contribution in [0.3, 0.4) is 0 Å². The van der Waals surface area contributed by atoms with E-state index in [1.54, 1.807) is 0 Å². The fourth-order valence-corrected chi connectivity index (χ4v) is 1.79. The highest BCUT2D eigenvalue weighted by molar-refractivity contribution is 4.96. The van der Waals surface area contributed by atoms with Gasteiger partial charge in [-0.2, -0.15) is 0 Å². The molecule has 66 valence electrons. The van der Waals surface area contributed by atoms with Crippen LogP contribution < -0.4 is 0 Å². The molecule has 1 nitrogen and oxygen atoms in total. The van der Waals surface area contributed by atoms with E-state index in [1.807, 2.05) is 0 Å².